The quantitative estimate of drug-likeness (QED) is 0.863. The third-order valence-electron chi connectivity index (χ3n) is 3.44. The van der Waals surface area contributed by atoms with Crippen molar-refractivity contribution in [1.29, 1.82) is 0 Å². The zero-order valence-electron chi connectivity index (χ0n) is 11.9. The molecule has 1 aromatic rings. The predicted octanol–water partition coefficient (Wildman–Crippen LogP) is 1.11. The van der Waals surface area contributed by atoms with Gasteiger partial charge < -0.3 is 20.3 Å². The summed E-state index contributed by atoms with van der Waals surface area (Å²) in [6.45, 7) is 5.90. The van der Waals surface area contributed by atoms with Crippen molar-refractivity contribution in [1.82, 2.24) is 14.9 Å². The number of hydrogen-bond donors (Lipinski definition) is 1. The molecule has 1 aromatic heterocycles. The molecule has 2 N–H and O–H groups in total. The molecule has 1 fully saturated rings. The van der Waals surface area contributed by atoms with Gasteiger partial charge in [-0.3, -0.25) is 0 Å². The lowest BCUT2D eigenvalue weighted by atomic mass is 10.3. The van der Waals surface area contributed by atoms with Gasteiger partial charge in [0.05, 0.1) is 17.8 Å². The SMILES string of the molecule is COc1nc(N2CCCN(CCCN)CC2)ncc1Br. The van der Waals surface area contributed by atoms with Crippen LogP contribution in [-0.2, 0) is 0 Å². The first-order valence-corrected chi connectivity index (χ1v) is 7.78. The highest BCUT2D eigenvalue weighted by atomic mass is 79.9. The summed E-state index contributed by atoms with van der Waals surface area (Å²) in [4.78, 5) is 13.5. The number of halogens is 1. The molecule has 1 aliphatic heterocycles. The van der Waals surface area contributed by atoms with Crippen molar-refractivity contribution in [2.45, 2.75) is 12.8 Å². The topological polar surface area (TPSA) is 67.5 Å². The van der Waals surface area contributed by atoms with Gasteiger partial charge in [-0.1, -0.05) is 0 Å². The highest BCUT2D eigenvalue weighted by Crippen LogP contribution is 2.23. The molecule has 0 radical (unpaired) electrons. The average molecular weight is 344 g/mol. The Bertz CT molecular complexity index is 431. The lowest BCUT2D eigenvalue weighted by Gasteiger charge is -2.22. The molecule has 0 aromatic carbocycles. The molecule has 0 aliphatic carbocycles. The van der Waals surface area contributed by atoms with E-state index >= 15 is 0 Å². The average Bonchev–Trinajstić information content (AvgIpc) is 2.71. The molecule has 7 heteroatoms. The van der Waals surface area contributed by atoms with Crippen LogP contribution in [0.15, 0.2) is 10.7 Å². The standard InChI is InChI=1S/C13H22BrN5O/c1-20-12-11(14)10-16-13(17-12)19-7-3-6-18(8-9-19)5-2-4-15/h10H,2-9,15H2,1H3. The second kappa shape index (κ2) is 7.75. The second-order valence-corrected chi connectivity index (χ2v) is 5.71. The maximum atomic E-state index is 5.57. The van der Waals surface area contributed by atoms with Crippen molar-refractivity contribution in [2.75, 3.05) is 51.3 Å². The summed E-state index contributed by atoms with van der Waals surface area (Å²) in [5.74, 6) is 1.32. The molecule has 0 atom stereocenters. The number of methoxy groups -OCH3 is 1. The summed E-state index contributed by atoms with van der Waals surface area (Å²) in [5, 5.41) is 0. The molecule has 112 valence electrons. The summed E-state index contributed by atoms with van der Waals surface area (Å²) in [6.07, 6.45) is 3.92. The minimum absolute atomic E-state index is 0.583. The van der Waals surface area contributed by atoms with Gasteiger partial charge in [-0.2, -0.15) is 4.98 Å². The Labute approximate surface area is 128 Å². The summed E-state index contributed by atoms with van der Waals surface area (Å²) in [5.41, 5.74) is 5.57. The molecule has 0 bridgehead atoms. The number of ether oxygens (including phenoxy) is 1. The minimum atomic E-state index is 0.583. The van der Waals surface area contributed by atoms with Crippen molar-refractivity contribution < 1.29 is 4.74 Å². The van der Waals surface area contributed by atoms with Crippen LogP contribution in [0.2, 0.25) is 0 Å². The third-order valence-corrected chi connectivity index (χ3v) is 3.99. The highest BCUT2D eigenvalue weighted by molar-refractivity contribution is 9.10. The fourth-order valence-corrected chi connectivity index (χ4v) is 2.70. The molecule has 0 saturated carbocycles. The van der Waals surface area contributed by atoms with Gasteiger partial charge in [0.15, 0.2) is 0 Å². The smallest absolute Gasteiger partial charge is 0.232 e. The van der Waals surface area contributed by atoms with Crippen LogP contribution in [0.4, 0.5) is 5.95 Å². The maximum Gasteiger partial charge on any atom is 0.232 e. The summed E-state index contributed by atoms with van der Waals surface area (Å²) in [6, 6.07) is 0. The van der Waals surface area contributed by atoms with Crippen molar-refractivity contribution in [3.8, 4) is 5.88 Å². The van der Waals surface area contributed by atoms with Crippen molar-refractivity contribution in [3.05, 3.63) is 10.7 Å². The number of nitrogens with two attached hydrogens (primary N) is 1. The third kappa shape index (κ3) is 4.04. The Hall–Kier alpha value is -0.920. The molecule has 2 heterocycles. The van der Waals surface area contributed by atoms with Gasteiger partial charge in [0, 0.05) is 19.6 Å². The van der Waals surface area contributed by atoms with E-state index in [1.807, 2.05) is 0 Å². The first-order valence-electron chi connectivity index (χ1n) is 6.98. The number of hydrogen-bond acceptors (Lipinski definition) is 6. The Morgan fingerprint density at radius 1 is 1.35 bits per heavy atom. The van der Waals surface area contributed by atoms with Crippen molar-refractivity contribution >= 4 is 21.9 Å². The van der Waals surface area contributed by atoms with Gasteiger partial charge in [0.25, 0.3) is 0 Å². The minimum Gasteiger partial charge on any atom is -0.480 e. The fourth-order valence-electron chi connectivity index (χ4n) is 2.35. The largest absolute Gasteiger partial charge is 0.480 e. The van der Waals surface area contributed by atoms with Gasteiger partial charge >= 0.3 is 0 Å². The summed E-state index contributed by atoms with van der Waals surface area (Å²) in [7, 11) is 1.62. The van der Waals surface area contributed by atoms with Gasteiger partial charge in [-0.15, -0.1) is 0 Å². The Morgan fingerprint density at radius 2 is 2.20 bits per heavy atom. The van der Waals surface area contributed by atoms with Crippen molar-refractivity contribution in [3.63, 3.8) is 0 Å². The van der Waals surface area contributed by atoms with E-state index in [1.54, 1.807) is 13.3 Å². The van der Waals surface area contributed by atoms with Crippen LogP contribution in [-0.4, -0.2) is 61.2 Å². The molecular weight excluding hydrogens is 322 g/mol. The number of nitrogens with zero attached hydrogens (tertiary/aromatic N) is 4. The van der Waals surface area contributed by atoms with E-state index in [4.69, 9.17) is 10.5 Å². The van der Waals surface area contributed by atoms with Gasteiger partial charge in [-0.25, -0.2) is 4.98 Å². The predicted molar refractivity (Wildman–Crippen MR) is 83.2 cm³/mol. The first-order chi connectivity index (χ1) is 9.74. The van der Waals surface area contributed by atoms with E-state index in [0.29, 0.717) is 5.88 Å². The normalized spacial score (nSPS) is 17.1. The molecule has 20 heavy (non-hydrogen) atoms. The number of anilines is 1. The van der Waals surface area contributed by atoms with Crippen LogP contribution < -0.4 is 15.4 Å². The first kappa shape index (κ1) is 15.5. The van der Waals surface area contributed by atoms with E-state index in [2.05, 4.69) is 35.7 Å². The van der Waals surface area contributed by atoms with E-state index in [9.17, 15) is 0 Å². The second-order valence-electron chi connectivity index (χ2n) is 4.85. The van der Waals surface area contributed by atoms with Crippen LogP contribution in [0.3, 0.4) is 0 Å². The molecule has 0 spiro atoms. The van der Waals surface area contributed by atoms with Gasteiger partial charge in [-0.05, 0) is 48.4 Å². The highest BCUT2D eigenvalue weighted by Gasteiger charge is 2.17. The zero-order chi connectivity index (χ0) is 14.4. The van der Waals surface area contributed by atoms with E-state index in [0.717, 1.165) is 62.5 Å². The van der Waals surface area contributed by atoms with Crippen LogP contribution in [0.5, 0.6) is 5.88 Å². The van der Waals surface area contributed by atoms with Crippen LogP contribution in [0.1, 0.15) is 12.8 Å². The molecule has 0 unspecified atom stereocenters. The summed E-state index contributed by atoms with van der Waals surface area (Å²) < 4.78 is 6.01. The van der Waals surface area contributed by atoms with Gasteiger partial charge in [0.1, 0.15) is 0 Å². The molecule has 1 aliphatic rings. The molecular formula is C13H22BrN5O. The Morgan fingerprint density at radius 3 is 2.95 bits per heavy atom. The van der Waals surface area contributed by atoms with E-state index in [1.165, 1.54) is 0 Å². The Kier molecular flexibility index (Phi) is 6.00. The van der Waals surface area contributed by atoms with E-state index in [-0.39, 0.29) is 0 Å². The van der Waals surface area contributed by atoms with Gasteiger partial charge in [0.2, 0.25) is 11.8 Å². The van der Waals surface area contributed by atoms with E-state index < -0.39 is 0 Å². The molecule has 0 amide bonds. The van der Waals surface area contributed by atoms with Crippen LogP contribution >= 0.6 is 15.9 Å². The lowest BCUT2D eigenvalue weighted by molar-refractivity contribution is 0.291. The number of rotatable bonds is 5. The maximum absolute atomic E-state index is 5.57. The Balaban J connectivity index is 1.99. The van der Waals surface area contributed by atoms with Crippen molar-refractivity contribution in [2.24, 2.45) is 5.73 Å². The molecule has 2 rings (SSSR count). The number of aromatic nitrogens is 2. The summed E-state index contributed by atoms with van der Waals surface area (Å²) >= 11 is 3.38. The van der Waals surface area contributed by atoms with Crippen LogP contribution in [0.25, 0.3) is 0 Å². The fraction of sp³-hybridized carbons (Fsp3) is 0.692. The molecule has 6 nitrogen and oxygen atoms in total. The van der Waals surface area contributed by atoms with Crippen LogP contribution in [0, 0.1) is 0 Å². The monoisotopic (exact) mass is 343 g/mol. The zero-order valence-corrected chi connectivity index (χ0v) is 13.5. The molecule has 1 saturated heterocycles. The lowest BCUT2D eigenvalue weighted by Crippen LogP contribution is -2.32.